The van der Waals surface area contributed by atoms with Gasteiger partial charge in [0.1, 0.15) is 0 Å². The van der Waals surface area contributed by atoms with Gasteiger partial charge in [-0.15, -0.1) is 0 Å². The zero-order valence-electron chi connectivity index (χ0n) is 5.71. The quantitative estimate of drug-likeness (QED) is 0.445. The molecule has 58 valence electrons. The lowest BCUT2D eigenvalue weighted by molar-refractivity contribution is -0.482. The molecule has 0 fully saturated rings. The smallest absolute Gasteiger partial charge is 0.263 e. The monoisotopic (exact) mass is 169 g/mol. The lowest BCUT2D eigenvalue weighted by Crippen LogP contribution is -2.10. The van der Waals surface area contributed by atoms with E-state index in [-0.39, 0.29) is 4.92 Å². The van der Waals surface area contributed by atoms with Gasteiger partial charge in [-0.1, -0.05) is 36.1 Å². The van der Waals surface area contributed by atoms with Crippen molar-refractivity contribution in [2.45, 2.75) is 5.37 Å². The number of allylic oxidation sites excluding steroid dienone is 4. The van der Waals surface area contributed by atoms with Gasteiger partial charge in [0.15, 0.2) is 0 Å². The Morgan fingerprint density at radius 2 is 2.00 bits per heavy atom. The van der Waals surface area contributed by atoms with Gasteiger partial charge in [0.2, 0.25) is 0 Å². The maximum atomic E-state index is 10.3. The molecule has 1 heterocycles. The lowest BCUT2D eigenvalue weighted by Gasteiger charge is -1.99. The van der Waals surface area contributed by atoms with E-state index in [1.807, 2.05) is 6.08 Å². The van der Waals surface area contributed by atoms with Crippen molar-refractivity contribution in [3.63, 3.8) is 0 Å². The topological polar surface area (TPSA) is 43.1 Å². The summed E-state index contributed by atoms with van der Waals surface area (Å²) in [6.45, 7) is 0. The predicted molar refractivity (Wildman–Crippen MR) is 45.8 cm³/mol. The summed E-state index contributed by atoms with van der Waals surface area (Å²) in [4.78, 5) is 9.98. The first-order valence-corrected chi connectivity index (χ1v) is 4.04. The molecule has 11 heavy (non-hydrogen) atoms. The molecule has 0 aromatic heterocycles. The number of thioether (sulfide) groups is 1. The third-order valence-electron chi connectivity index (χ3n) is 1.11. The van der Waals surface area contributed by atoms with E-state index in [9.17, 15) is 10.1 Å². The van der Waals surface area contributed by atoms with E-state index in [1.54, 1.807) is 29.7 Å². The van der Waals surface area contributed by atoms with Crippen molar-refractivity contribution in [1.82, 2.24) is 0 Å². The molecule has 0 saturated carbocycles. The van der Waals surface area contributed by atoms with Gasteiger partial charge in [-0.25, -0.2) is 0 Å². The van der Waals surface area contributed by atoms with Crippen LogP contribution in [0.25, 0.3) is 0 Å². The zero-order valence-corrected chi connectivity index (χ0v) is 6.53. The van der Waals surface area contributed by atoms with Crippen molar-refractivity contribution in [1.29, 1.82) is 0 Å². The first-order chi connectivity index (χ1) is 5.30. The highest BCUT2D eigenvalue weighted by Crippen LogP contribution is 2.15. The molecular formula is C7H7NO2S. The van der Waals surface area contributed by atoms with E-state index in [0.717, 1.165) is 0 Å². The highest BCUT2D eigenvalue weighted by atomic mass is 32.2. The molecule has 0 radical (unpaired) electrons. The van der Waals surface area contributed by atoms with Crippen molar-refractivity contribution in [3.05, 3.63) is 45.9 Å². The Bertz CT molecular complexity index is 233. The number of hydrogen-bond acceptors (Lipinski definition) is 3. The van der Waals surface area contributed by atoms with Gasteiger partial charge in [0, 0.05) is 11.0 Å². The van der Waals surface area contributed by atoms with Crippen molar-refractivity contribution in [3.8, 4) is 0 Å². The van der Waals surface area contributed by atoms with E-state index in [1.165, 1.54) is 11.8 Å². The summed E-state index contributed by atoms with van der Waals surface area (Å²) in [6, 6.07) is 0. The zero-order chi connectivity index (χ0) is 8.10. The normalized spacial score (nSPS) is 22.7. The number of rotatable bonds is 1. The van der Waals surface area contributed by atoms with E-state index in [0.29, 0.717) is 0 Å². The summed E-state index contributed by atoms with van der Waals surface area (Å²) in [6.07, 6.45) is 8.63. The van der Waals surface area contributed by atoms with Crippen molar-refractivity contribution < 1.29 is 4.92 Å². The Balaban J connectivity index is 2.68. The lowest BCUT2D eigenvalue weighted by atomic mass is 10.4. The van der Waals surface area contributed by atoms with Gasteiger partial charge in [0.05, 0.1) is 0 Å². The highest BCUT2D eigenvalue weighted by molar-refractivity contribution is 8.02. The van der Waals surface area contributed by atoms with Gasteiger partial charge in [-0.2, -0.15) is 0 Å². The standard InChI is InChI=1S/C7H7NO2S/c9-8(10)7-5-3-1-2-4-6-11-7/h1-7H. The summed E-state index contributed by atoms with van der Waals surface area (Å²) >= 11 is 1.19. The molecule has 1 aliphatic rings. The van der Waals surface area contributed by atoms with Crippen LogP contribution in [0.1, 0.15) is 0 Å². The molecule has 1 unspecified atom stereocenters. The van der Waals surface area contributed by atoms with Crippen LogP contribution < -0.4 is 0 Å². The van der Waals surface area contributed by atoms with Gasteiger partial charge >= 0.3 is 0 Å². The van der Waals surface area contributed by atoms with Crippen molar-refractivity contribution >= 4 is 11.8 Å². The maximum absolute atomic E-state index is 10.3. The Morgan fingerprint density at radius 1 is 1.27 bits per heavy atom. The number of hydrogen-bond donors (Lipinski definition) is 0. The summed E-state index contributed by atoms with van der Waals surface area (Å²) < 4.78 is 0. The van der Waals surface area contributed by atoms with Gasteiger partial charge < -0.3 is 0 Å². The Labute approximate surface area is 68.6 Å². The summed E-state index contributed by atoms with van der Waals surface area (Å²) in [5.41, 5.74) is 0. The molecule has 0 saturated heterocycles. The third kappa shape index (κ3) is 2.59. The van der Waals surface area contributed by atoms with E-state index in [2.05, 4.69) is 0 Å². The second-order valence-corrected chi connectivity index (χ2v) is 2.94. The predicted octanol–water partition coefficient (Wildman–Crippen LogP) is 1.96. The fourth-order valence-electron chi connectivity index (χ4n) is 0.624. The minimum absolute atomic E-state index is 0.315. The first kappa shape index (κ1) is 8.07. The van der Waals surface area contributed by atoms with Gasteiger partial charge in [0.25, 0.3) is 5.37 Å². The minimum atomic E-state index is -0.642. The molecular weight excluding hydrogens is 162 g/mol. The largest absolute Gasteiger partial charge is 0.280 e. The molecule has 1 rings (SSSR count). The molecule has 0 bridgehead atoms. The van der Waals surface area contributed by atoms with Crippen LogP contribution in [-0.2, 0) is 0 Å². The molecule has 0 aromatic rings. The number of nitrogens with zero attached hydrogens (tertiary/aromatic N) is 1. The van der Waals surface area contributed by atoms with Crippen LogP contribution >= 0.6 is 11.8 Å². The van der Waals surface area contributed by atoms with Crippen LogP contribution in [0.5, 0.6) is 0 Å². The van der Waals surface area contributed by atoms with Crippen LogP contribution in [0.15, 0.2) is 35.8 Å². The summed E-state index contributed by atoms with van der Waals surface area (Å²) in [5, 5.41) is 11.4. The van der Waals surface area contributed by atoms with E-state index in [4.69, 9.17) is 0 Å². The van der Waals surface area contributed by atoms with E-state index >= 15 is 0 Å². The molecule has 0 spiro atoms. The molecule has 3 nitrogen and oxygen atoms in total. The second kappa shape index (κ2) is 3.98. The van der Waals surface area contributed by atoms with Crippen LogP contribution in [0.3, 0.4) is 0 Å². The molecule has 1 aliphatic heterocycles. The fourth-order valence-corrected chi connectivity index (χ4v) is 1.25. The van der Waals surface area contributed by atoms with Crippen LogP contribution in [0.2, 0.25) is 0 Å². The van der Waals surface area contributed by atoms with Crippen LogP contribution in [0, 0.1) is 10.1 Å². The van der Waals surface area contributed by atoms with Gasteiger partial charge in [-0.05, 0) is 5.41 Å². The average molecular weight is 169 g/mol. The molecule has 0 aromatic carbocycles. The Morgan fingerprint density at radius 3 is 2.73 bits per heavy atom. The van der Waals surface area contributed by atoms with Crippen molar-refractivity contribution in [2.75, 3.05) is 0 Å². The summed E-state index contributed by atoms with van der Waals surface area (Å²) in [7, 11) is 0. The van der Waals surface area contributed by atoms with Gasteiger partial charge in [-0.3, -0.25) is 10.1 Å². The molecule has 0 aliphatic carbocycles. The number of nitro groups is 1. The molecule has 1 atom stereocenters. The fraction of sp³-hybridized carbons (Fsp3) is 0.143. The SMILES string of the molecule is O=[N+]([O-])C1C=CC=CC=CS1. The van der Waals surface area contributed by atoms with Crippen LogP contribution in [-0.4, -0.2) is 10.3 Å². The Kier molecular flexibility index (Phi) is 2.92. The maximum Gasteiger partial charge on any atom is 0.280 e. The van der Waals surface area contributed by atoms with Crippen LogP contribution in [0.4, 0.5) is 0 Å². The summed E-state index contributed by atoms with van der Waals surface area (Å²) in [5.74, 6) is 0. The van der Waals surface area contributed by atoms with Crippen molar-refractivity contribution in [2.24, 2.45) is 0 Å². The molecule has 0 amide bonds. The highest BCUT2D eigenvalue weighted by Gasteiger charge is 2.13. The second-order valence-electron chi connectivity index (χ2n) is 1.91. The Hall–Kier alpha value is -1.03. The third-order valence-corrected chi connectivity index (χ3v) is 2.04. The minimum Gasteiger partial charge on any atom is -0.263 e. The molecule has 4 heteroatoms. The molecule has 0 N–H and O–H groups in total. The first-order valence-electron chi connectivity index (χ1n) is 3.09. The average Bonchev–Trinajstić information content (AvgIpc) is 1.84. The van der Waals surface area contributed by atoms with E-state index < -0.39 is 5.37 Å².